The maximum absolute atomic E-state index is 10.7. The summed E-state index contributed by atoms with van der Waals surface area (Å²) >= 11 is 0. The van der Waals surface area contributed by atoms with E-state index < -0.39 is 0 Å². The molecule has 0 saturated carbocycles. The van der Waals surface area contributed by atoms with Crippen molar-refractivity contribution in [1.29, 1.82) is 0 Å². The summed E-state index contributed by atoms with van der Waals surface area (Å²) in [5.41, 5.74) is 0.0126. The lowest BCUT2D eigenvalue weighted by Gasteiger charge is -2.20. The number of carbonyl (C=O) groups is 1. The third kappa shape index (κ3) is 2.34. The second-order valence-corrected chi connectivity index (χ2v) is 3.43. The molecule has 1 atom stereocenters. The first kappa shape index (κ1) is 9.26. The van der Waals surface area contributed by atoms with E-state index in [0.717, 1.165) is 13.0 Å². The number of ether oxygens (including phenoxy) is 2. The van der Waals surface area contributed by atoms with Gasteiger partial charge in [0.25, 0.3) is 0 Å². The average Bonchev–Trinajstić information content (AvgIpc) is 2.49. The van der Waals surface area contributed by atoms with Crippen LogP contribution in [0.25, 0.3) is 0 Å². The summed E-state index contributed by atoms with van der Waals surface area (Å²) in [5, 5.41) is 0. The molecule has 12 heavy (non-hydrogen) atoms. The summed E-state index contributed by atoms with van der Waals surface area (Å²) in [6.07, 6.45) is 2.14. The molecule has 3 nitrogen and oxygen atoms in total. The van der Waals surface area contributed by atoms with Crippen LogP contribution in [-0.4, -0.2) is 25.8 Å². The average molecular weight is 170 g/mol. The Balaban J connectivity index is 2.30. The smallest absolute Gasteiger partial charge is 0.330 e. The van der Waals surface area contributed by atoms with Crippen LogP contribution in [0.3, 0.4) is 0 Å². The topological polar surface area (TPSA) is 35.5 Å². The van der Waals surface area contributed by atoms with E-state index in [2.05, 4.69) is 13.5 Å². The van der Waals surface area contributed by atoms with Gasteiger partial charge in [0.05, 0.1) is 13.2 Å². The maximum atomic E-state index is 10.7. The Kier molecular flexibility index (Phi) is 2.87. The molecule has 0 aromatic heterocycles. The molecule has 0 N–H and O–H groups in total. The second-order valence-electron chi connectivity index (χ2n) is 3.43. The van der Waals surface area contributed by atoms with Crippen LogP contribution in [0.5, 0.6) is 0 Å². The zero-order chi connectivity index (χ0) is 9.03. The van der Waals surface area contributed by atoms with E-state index in [1.54, 1.807) is 0 Å². The summed E-state index contributed by atoms with van der Waals surface area (Å²) in [5.74, 6) is -0.358. The predicted molar refractivity (Wildman–Crippen MR) is 44.7 cm³/mol. The van der Waals surface area contributed by atoms with Gasteiger partial charge in [-0.2, -0.15) is 0 Å². The van der Waals surface area contributed by atoms with Crippen molar-refractivity contribution < 1.29 is 14.3 Å². The molecule has 0 aromatic carbocycles. The SMILES string of the molecule is C=CC(=O)OCC1(C)CCOC1. The Labute approximate surface area is 72.4 Å². The first-order chi connectivity index (χ1) is 5.66. The van der Waals surface area contributed by atoms with Crippen LogP contribution in [0.15, 0.2) is 12.7 Å². The molecule has 0 amide bonds. The minimum atomic E-state index is -0.358. The monoisotopic (exact) mass is 170 g/mol. The van der Waals surface area contributed by atoms with Gasteiger partial charge in [-0.15, -0.1) is 0 Å². The van der Waals surface area contributed by atoms with E-state index in [1.165, 1.54) is 6.08 Å². The Bertz CT molecular complexity index is 180. The minimum absolute atomic E-state index is 0.0126. The Morgan fingerprint density at radius 2 is 2.58 bits per heavy atom. The fourth-order valence-electron chi connectivity index (χ4n) is 1.13. The molecule has 0 aliphatic carbocycles. The maximum Gasteiger partial charge on any atom is 0.330 e. The molecular weight excluding hydrogens is 156 g/mol. The minimum Gasteiger partial charge on any atom is -0.462 e. The molecule has 68 valence electrons. The highest BCUT2D eigenvalue weighted by Crippen LogP contribution is 2.27. The zero-order valence-electron chi connectivity index (χ0n) is 7.34. The van der Waals surface area contributed by atoms with Gasteiger partial charge in [0, 0.05) is 18.1 Å². The van der Waals surface area contributed by atoms with Crippen molar-refractivity contribution in [3.63, 3.8) is 0 Å². The quantitative estimate of drug-likeness (QED) is 0.470. The van der Waals surface area contributed by atoms with E-state index in [-0.39, 0.29) is 11.4 Å². The highest BCUT2D eigenvalue weighted by atomic mass is 16.5. The molecular formula is C9H14O3. The summed E-state index contributed by atoms with van der Waals surface area (Å²) in [6.45, 7) is 7.25. The lowest BCUT2D eigenvalue weighted by atomic mass is 9.91. The van der Waals surface area contributed by atoms with Gasteiger partial charge in [0.1, 0.15) is 0 Å². The first-order valence-electron chi connectivity index (χ1n) is 4.03. The Hall–Kier alpha value is -0.830. The molecule has 0 radical (unpaired) electrons. The molecule has 0 spiro atoms. The summed E-state index contributed by atoms with van der Waals surface area (Å²) in [6, 6.07) is 0. The van der Waals surface area contributed by atoms with Gasteiger partial charge in [0.15, 0.2) is 0 Å². The molecule has 0 bridgehead atoms. The van der Waals surface area contributed by atoms with Crippen LogP contribution < -0.4 is 0 Å². The van der Waals surface area contributed by atoms with Gasteiger partial charge in [0.2, 0.25) is 0 Å². The van der Waals surface area contributed by atoms with Crippen LogP contribution in [0, 0.1) is 5.41 Å². The van der Waals surface area contributed by atoms with Gasteiger partial charge in [-0.3, -0.25) is 0 Å². The number of carbonyl (C=O) groups excluding carboxylic acids is 1. The number of esters is 1. The standard InChI is InChI=1S/C9H14O3/c1-3-8(10)12-7-9(2)4-5-11-6-9/h3H,1,4-7H2,2H3. The van der Waals surface area contributed by atoms with Crippen molar-refractivity contribution in [1.82, 2.24) is 0 Å². The van der Waals surface area contributed by atoms with Crippen molar-refractivity contribution in [2.45, 2.75) is 13.3 Å². The van der Waals surface area contributed by atoms with Crippen molar-refractivity contribution in [3.05, 3.63) is 12.7 Å². The van der Waals surface area contributed by atoms with E-state index in [4.69, 9.17) is 9.47 Å². The van der Waals surface area contributed by atoms with Crippen molar-refractivity contribution in [3.8, 4) is 0 Å². The molecule has 0 aromatic rings. The fraction of sp³-hybridized carbons (Fsp3) is 0.667. The van der Waals surface area contributed by atoms with Crippen molar-refractivity contribution in [2.75, 3.05) is 19.8 Å². The largest absolute Gasteiger partial charge is 0.462 e. The summed E-state index contributed by atoms with van der Waals surface area (Å²) in [7, 11) is 0. The Morgan fingerprint density at radius 1 is 1.83 bits per heavy atom. The molecule has 1 fully saturated rings. The van der Waals surface area contributed by atoms with Gasteiger partial charge in [-0.25, -0.2) is 4.79 Å². The van der Waals surface area contributed by atoms with Crippen LogP contribution in [-0.2, 0) is 14.3 Å². The molecule has 1 saturated heterocycles. The van der Waals surface area contributed by atoms with Crippen LogP contribution >= 0.6 is 0 Å². The number of hydrogen-bond acceptors (Lipinski definition) is 3. The molecule has 1 heterocycles. The van der Waals surface area contributed by atoms with Gasteiger partial charge >= 0.3 is 5.97 Å². The van der Waals surface area contributed by atoms with Crippen LogP contribution in [0.1, 0.15) is 13.3 Å². The fourth-order valence-corrected chi connectivity index (χ4v) is 1.13. The van der Waals surface area contributed by atoms with Gasteiger partial charge < -0.3 is 9.47 Å². The predicted octanol–water partition coefficient (Wildman–Crippen LogP) is 1.14. The third-order valence-corrected chi connectivity index (χ3v) is 2.03. The normalized spacial score (nSPS) is 28.4. The van der Waals surface area contributed by atoms with Crippen LogP contribution in [0.4, 0.5) is 0 Å². The molecule has 1 aliphatic heterocycles. The highest BCUT2D eigenvalue weighted by molar-refractivity contribution is 5.81. The molecule has 1 rings (SSSR count). The lowest BCUT2D eigenvalue weighted by molar-refractivity contribution is -0.141. The first-order valence-corrected chi connectivity index (χ1v) is 4.03. The zero-order valence-corrected chi connectivity index (χ0v) is 7.34. The van der Waals surface area contributed by atoms with E-state index in [0.29, 0.717) is 13.2 Å². The van der Waals surface area contributed by atoms with Crippen molar-refractivity contribution in [2.24, 2.45) is 5.41 Å². The van der Waals surface area contributed by atoms with E-state index in [1.807, 2.05) is 0 Å². The Morgan fingerprint density at radius 3 is 3.08 bits per heavy atom. The third-order valence-electron chi connectivity index (χ3n) is 2.03. The van der Waals surface area contributed by atoms with Gasteiger partial charge in [-0.05, 0) is 6.42 Å². The van der Waals surface area contributed by atoms with E-state index >= 15 is 0 Å². The van der Waals surface area contributed by atoms with Crippen molar-refractivity contribution >= 4 is 5.97 Å². The van der Waals surface area contributed by atoms with Crippen LogP contribution in [0.2, 0.25) is 0 Å². The molecule has 1 aliphatic rings. The number of hydrogen-bond donors (Lipinski definition) is 0. The molecule has 1 unspecified atom stereocenters. The summed E-state index contributed by atoms with van der Waals surface area (Å²) < 4.78 is 10.2. The highest BCUT2D eigenvalue weighted by Gasteiger charge is 2.30. The van der Waals surface area contributed by atoms with E-state index in [9.17, 15) is 4.79 Å². The lowest BCUT2D eigenvalue weighted by Crippen LogP contribution is -2.24. The second kappa shape index (κ2) is 3.72. The van der Waals surface area contributed by atoms with Gasteiger partial charge in [-0.1, -0.05) is 13.5 Å². The molecule has 3 heteroatoms. The summed E-state index contributed by atoms with van der Waals surface area (Å²) in [4.78, 5) is 10.7. The number of rotatable bonds is 3.